The summed E-state index contributed by atoms with van der Waals surface area (Å²) in [7, 11) is 1.59. The highest BCUT2D eigenvalue weighted by Crippen LogP contribution is 2.35. The summed E-state index contributed by atoms with van der Waals surface area (Å²) in [6.07, 6.45) is 3.14. The quantitative estimate of drug-likeness (QED) is 0.831. The molecule has 4 rings (SSSR count). The van der Waals surface area contributed by atoms with Gasteiger partial charge in [-0.25, -0.2) is 9.97 Å². The fraction of sp³-hybridized carbons (Fsp3) is 0.421. The zero-order valence-corrected chi connectivity index (χ0v) is 16.7. The number of fused-ring (bicyclic) bond motifs is 1. The summed E-state index contributed by atoms with van der Waals surface area (Å²) in [5.74, 6) is 2.12. The van der Waals surface area contributed by atoms with Gasteiger partial charge >= 0.3 is 0 Å². The van der Waals surface area contributed by atoms with Crippen LogP contribution in [0.4, 0.5) is 5.95 Å². The summed E-state index contributed by atoms with van der Waals surface area (Å²) in [5, 5.41) is 2.57. The van der Waals surface area contributed by atoms with E-state index in [0.29, 0.717) is 18.3 Å². The van der Waals surface area contributed by atoms with Crippen molar-refractivity contribution in [3.8, 4) is 11.5 Å². The first-order chi connectivity index (χ1) is 13.2. The molecule has 0 aliphatic carbocycles. The fourth-order valence-electron chi connectivity index (χ4n) is 3.44. The van der Waals surface area contributed by atoms with Gasteiger partial charge < -0.3 is 19.7 Å². The molecule has 1 fully saturated rings. The van der Waals surface area contributed by atoms with E-state index in [2.05, 4.69) is 44.1 Å². The van der Waals surface area contributed by atoms with Crippen LogP contribution in [0.5, 0.6) is 11.5 Å². The number of carbonyl (C=O) groups excluding carboxylic acids is 1. The Bertz CT molecular complexity index is 825. The zero-order valence-electron chi connectivity index (χ0n) is 15.9. The second kappa shape index (κ2) is 8.62. The average molecular weight is 406 g/mol. The van der Waals surface area contributed by atoms with Crippen molar-refractivity contribution < 1.29 is 14.3 Å². The number of nitrogens with zero attached hydrogens (tertiary/aromatic N) is 4. The summed E-state index contributed by atoms with van der Waals surface area (Å²) in [4.78, 5) is 24.9. The van der Waals surface area contributed by atoms with Gasteiger partial charge in [0.2, 0.25) is 12.7 Å². The number of aromatic nitrogens is 2. The molecule has 0 saturated carbocycles. The molecule has 9 heteroatoms. The fourth-order valence-corrected chi connectivity index (χ4v) is 3.44. The number of nitrogens with one attached hydrogen (secondary N) is 1. The standard InChI is InChI=1S/C19H23N5O3.ClH/c1-13(14-3-4-16-17(9-14)27-12-26-16)23-5-7-24(8-6-23)19-21-10-15(11-22-19)18(25)20-2;/h3-4,9-11,13H,5-8,12H2,1-2H3,(H,20,25);1H/t13-;/m0./s1. The number of hydrogen-bond acceptors (Lipinski definition) is 7. The zero-order chi connectivity index (χ0) is 18.8. The number of hydrogen-bond donors (Lipinski definition) is 1. The second-order valence-corrected chi connectivity index (χ2v) is 6.66. The summed E-state index contributed by atoms with van der Waals surface area (Å²) >= 11 is 0. The molecule has 1 saturated heterocycles. The minimum Gasteiger partial charge on any atom is -0.454 e. The number of anilines is 1. The highest BCUT2D eigenvalue weighted by Gasteiger charge is 2.25. The van der Waals surface area contributed by atoms with E-state index in [0.717, 1.165) is 37.7 Å². The number of rotatable bonds is 4. The Kier molecular flexibility index (Phi) is 6.21. The van der Waals surface area contributed by atoms with Crippen molar-refractivity contribution in [2.75, 3.05) is 44.9 Å². The van der Waals surface area contributed by atoms with Crippen molar-refractivity contribution in [2.45, 2.75) is 13.0 Å². The van der Waals surface area contributed by atoms with Crippen LogP contribution >= 0.6 is 12.4 Å². The van der Waals surface area contributed by atoms with Crippen molar-refractivity contribution in [1.82, 2.24) is 20.2 Å². The topological polar surface area (TPSA) is 79.8 Å². The van der Waals surface area contributed by atoms with E-state index in [1.165, 1.54) is 5.56 Å². The third-order valence-corrected chi connectivity index (χ3v) is 5.15. The molecular weight excluding hydrogens is 382 g/mol. The molecule has 1 aromatic carbocycles. The van der Waals surface area contributed by atoms with Crippen LogP contribution in [0.15, 0.2) is 30.6 Å². The van der Waals surface area contributed by atoms with Crippen molar-refractivity contribution in [3.05, 3.63) is 41.7 Å². The monoisotopic (exact) mass is 405 g/mol. The molecule has 0 unspecified atom stereocenters. The minimum absolute atomic E-state index is 0. The van der Waals surface area contributed by atoms with Gasteiger partial charge in [-0.2, -0.15) is 0 Å². The maximum atomic E-state index is 11.6. The van der Waals surface area contributed by atoms with Crippen LogP contribution in [0.1, 0.15) is 28.9 Å². The molecule has 2 aliphatic rings. The normalized spacial score (nSPS) is 17.0. The third kappa shape index (κ3) is 3.98. The first-order valence-electron chi connectivity index (χ1n) is 9.08. The lowest BCUT2D eigenvalue weighted by molar-refractivity contribution is 0.0962. The number of carbonyl (C=O) groups is 1. The lowest BCUT2D eigenvalue weighted by atomic mass is 10.1. The Hall–Kier alpha value is -2.58. The largest absolute Gasteiger partial charge is 0.454 e. The lowest BCUT2D eigenvalue weighted by Gasteiger charge is -2.38. The van der Waals surface area contributed by atoms with Crippen molar-refractivity contribution in [1.29, 1.82) is 0 Å². The van der Waals surface area contributed by atoms with Gasteiger partial charge in [0.1, 0.15) is 0 Å². The molecule has 2 aromatic rings. The van der Waals surface area contributed by atoms with E-state index in [1.807, 2.05) is 6.07 Å². The highest BCUT2D eigenvalue weighted by atomic mass is 35.5. The van der Waals surface area contributed by atoms with Crippen LogP contribution in [0, 0.1) is 0 Å². The molecule has 150 valence electrons. The van der Waals surface area contributed by atoms with E-state index in [9.17, 15) is 4.79 Å². The van der Waals surface area contributed by atoms with Gasteiger partial charge in [0, 0.05) is 51.7 Å². The van der Waals surface area contributed by atoms with Crippen LogP contribution in [-0.2, 0) is 0 Å². The summed E-state index contributed by atoms with van der Waals surface area (Å²) < 4.78 is 10.9. The van der Waals surface area contributed by atoms with Crippen LogP contribution in [0.25, 0.3) is 0 Å². The first kappa shape index (κ1) is 20.2. The van der Waals surface area contributed by atoms with Gasteiger partial charge in [-0.05, 0) is 24.6 Å². The van der Waals surface area contributed by atoms with Crippen molar-refractivity contribution >= 4 is 24.3 Å². The summed E-state index contributed by atoms with van der Waals surface area (Å²) in [6.45, 7) is 6.02. The molecule has 1 amide bonds. The Morgan fingerprint density at radius 2 is 1.79 bits per heavy atom. The third-order valence-electron chi connectivity index (χ3n) is 5.15. The van der Waals surface area contributed by atoms with Gasteiger partial charge in [0.15, 0.2) is 11.5 Å². The van der Waals surface area contributed by atoms with E-state index in [4.69, 9.17) is 9.47 Å². The van der Waals surface area contributed by atoms with E-state index in [-0.39, 0.29) is 24.4 Å². The number of amides is 1. The van der Waals surface area contributed by atoms with Gasteiger partial charge in [-0.15, -0.1) is 12.4 Å². The average Bonchev–Trinajstić information content (AvgIpc) is 3.21. The Balaban J connectivity index is 0.00000225. The molecule has 0 bridgehead atoms. The van der Waals surface area contributed by atoms with Gasteiger partial charge in [-0.1, -0.05) is 6.07 Å². The van der Waals surface area contributed by atoms with Gasteiger partial charge in [-0.3, -0.25) is 9.69 Å². The Morgan fingerprint density at radius 3 is 2.46 bits per heavy atom. The Morgan fingerprint density at radius 1 is 1.11 bits per heavy atom. The second-order valence-electron chi connectivity index (χ2n) is 6.66. The predicted octanol–water partition coefficient (Wildman–Crippen LogP) is 1.87. The molecule has 2 aliphatic heterocycles. The maximum Gasteiger partial charge on any atom is 0.254 e. The number of ether oxygens (including phenoxy) is 2. The number of benzene rings is 1. The van der Waals surface area contributed by atoms with E-state index < -0.39 is 0 Å². The molecule has 3 heterocycles. The minimum atomic E-state index is -0.177. The maximum absolute atomic E-state index is 11.6. The SMILES string of the molecule is CNC(=O)c1cnc(N2CCN([C@@H](C)c3ccc4c(c3)OCO4)CC2)nc1.Cl. The van der Waals surface area contributed by atoms with Gasteiger partial charge in [0.05, 0.1) is 5.56 Å². The van der Waals surface area contributed by atoms with E-state index >= 15 is 0 Å². The Labute approximate surface area is 170 Å². The summed E-state index contributed by atoms with van der Waals surface area (Å²) in [5.41, 5.74) is 1.69. The molecule has 0 radical (unpaired) electrons. The van der Waals surface area contributed by atoms with Crippen molar-refractivity contribution in [2.24, 2.45) is 0 Å². The van der Waals surface area contributed by atoms with Crippen LogP contribution < -0.4 is 19.7 Å². The number of halogens is 1. The molecule has 1 N–H and O–H groups in total. The van der Waals surface area contributed by atoms with Crippen LogP contribution in [-0.4, -0.2) is 60.8 Å². The lowest BCUT2D eigenvalue weighted by Crippen LogP contribution is -2.47. The molecule has 28 heavy (non-hydrogen) atoms. The molecular formula is C19H24ClN5O3. The highest BCUT2D eigenvalue weighted by molar-refractivity contribution is 5.93. The smallest absolute Gasteiger partial charge is 0.254 e. The van der Waals surface area contributed by atoms with Crippen LogP contribution in [0.3, 0.4) is 0 Å². The molecule has 1 atom stereocenters. The molecule has 1 aromatic heterocycles. The predicted molar refractivity (Wildman–Crippen MR) is 107 cm³/mol. The summed E-state index contributed by atoms with van der Waals surface area (Å²) in [6, 6.07) is 6.44. The van der Waals surface area contributed by atoms with Gasteiger partial charge in [0.25, 0.3) is 5.91 Å². The first-order valence-corrected chi connectivity index (χ1v) is 9.08. The van der Waals surface area contributed by atoms with E-state index in [1.54, 1.807) is 19.4 Å². The molecule has 8 nitrogen and oxygen atoms in total. The van der Waals surface area contributed by atoms with Crippen molar-refractivity contribution in [3.63, 3.8) is 0 Å². The number of piperazine rings is 1. The molecule has 0 spiro atoms. The van der Waals surface area contributed by atoms with Crippen LogP contribution in [0.2, 0.25) is 0 Å².